The van der Waals surface area contributed by atoms with Crippen LogP contribution in [-0.4, -0.2) is 34.3 Å². The molecule has 0 fully saturated rings. The first-order valence-corrected chi connectivity index (χ1v) is 6.20. The second kappa shape index (κ2) is 7.66. The van der Waals surface area contributed by atoms with Crippen LogP contribution >= 0.6 is 0 Å². The van der Waals surface area contributed by atoms with Gasteiger partial charge in [-0.1, -0.05) is 12.8 Å². The monoisotopic (exact) mass is 252 g/mol. The standard InChI is InChI=1S/C13H20N2O3/c1-10-8-11(13(17)18)9-12(15-10)14-6-4-2-3-5-7-16/h8-9,16H,2-7H2,1H3,(H,14,15)(H,17,18). The highest BCUT2D eigenvalue weighted by atomic mass is 16.4. The van der Waals surface area contributed by atoms with E-state index in [2.05, 4.69) is 10.3 Å². The van der Waals surface area contributed by atoms with Gasteiger partial charge in [-0.25, -0.2) is 9.78 Å². The lowest BCUT2D eigenvalue weighted by atomic mass is 10.2. The molecule has 1 aromatic heterocycles. The molecule has 0 aliphatic carbocycles. The molecule has 0 unspecified atom stereocenters. The number of hydrogen-bond donors (Lipinski definition) is 3. The Labute approximate surface area is 107 Å². The number of aryl methyl sites for hydroxylation is 1. The van der Waals surface area contributed by atoms with Crippen LogP contribution < -0.4 is 5.32 Å². The van der Waals surface area contributed by atoms with Crippen LogP contribution in [0.5, 0.6) is 0 Å². The number of carboxylic acids is 1. The van der Waals surface area contributed by atoms with Gasteiger partial charge >= 0.3 is 5.97 Å². The van der Waals surface area contributed by atoms with Crippen molar-refractivity contribution in [3.63, 3.8) is 0 Å². The van der Waals surface area contributed by atoms with E-state index < -0.39 is 5.97 Å². The third kappa shape index (κ3) is 5.14. The average molecular weight is 252 g/mol. The molecule has 0 radical (unpaired) electrons. The highest BCUT2D eigenvalue weighted by Gasteiger charge is 2.05. The molecular weight excluding hydrogens is 232 g/mol. The summed E-state index contributed by atoms with van der Waals surface area (Å²) in [6.07, 6.45) is 3.88. The first kappa shape index (κ1) is 14.4. The van der Waals surface area contributed by atoms with E-state index in [0.29, 0.717) is 11.5 Å². The van der Waals surface area contributed by atoms with Crippen LogP contribution in [0.3, 0.4) is 0 Å². The van der Waals surface area contributed by atoms with Crippen molar-refractivity contribution in [1.82, 2.24) is 4.98 Å². The van der Waals surface area contributed by atoms with Crippen LogP contribution in [-0.2, 0) is 0 Å². The summed E-state index contributed by atoms with van der Waals surface area (Å²) in [5.74, 6) is -0.332. The van der Waals surface area contributed by atoms with E-state index in [-0.39, 0.29) is 12.2 Å². The predicted molar refractivity (Wildman–Crippen MR) is 70.0 cm³/mol. The van der Waals surface area contributed by atoms with Crippen LogP contribution in [0.2, 0.25) is 0 Å². The van der Waals surface area contributed by atoms with E-state index in [4.69, 9.17) is 10.2 Å². The summed E-state index contributed by atoms with van der Waals surface area (Å²) in [5, 5.41) is 20.7. The lowest BCUT2D eigenvalue weighted by molar-refractivity contribution is 0.0696. The van der Waals surface area contributed by atoms with Gasteiger partial charge < -0.3 is 15.5 Å². The second-order valence-corrected chi connectivity index (χ2v) is 4.25. The Morgan fingerprint density at radius 3 is 2.67 bits per heavy atom. The molecule has 0 bridgehead atoms. The Morgan fingerprint density at radius 1 is 1.28 bits per heavy atom. The predicted octanol–water partition coefficient (Wildman–Crippen LogP) is 2.05. The number of pyridine rings is 1. The highest BCUT2D eigenvalue weighted by molar-refractivity contribution is 5.88. The van der Waals surface area contributed by atoms with E-state index >= 15 is 0 Å². The Bertz CT molecular complexity index is 394. The van der Waals surface area contributed by atoms with E-state index in [1.54, 1.807) is 19.1 Å². The largest absolute Gasteiger partial charge is 0.478 e. The van der Waals surface area contributed by atoms with Crippen LogP contribution in [0.15, 0.2) is 12.1 Å². The lowest BCUT2D eigenvalue weighted by Gasteiger charge is -2.07. The fraction of sp³-hybridized carbons (Fsp3) is 0.538. The fourth-order valence-electron chi connectivity index (χ4n) is 1.69. The molecule has 1 rings (SSSR count). The number of rotatable bonds is 8. The van der Waals surface area contributed by atoms with Crippen molar-refractivity contribution in [1.29, 1.82) is 0 Å². The maximum atomic E-state index is 10.9. The summed E-state index contributed by atoms with van der Waals surface area (Å²) in [7, 11) is 0. The molecule has 100 valence electrons. The van der Waals surface area contributed by atoms with E-state index in [1.807, 2.05) is 0 Å². The van der Waals surface area contributed by atoms with Crippen molar-refractivity contribution >= 4 is 11.8 Å². The van der Waals surface area contributed by atoms with E-state index in [9.17, 15) is 4.79 Å². The van der Waals surface area contributed by atoms with Crippen LogP contribution in [0.1, 0.15) is 41.7 Å². The maximum Gasteiger partial charge on any atom is 0.335 e. The highest BCUT2D eigenvalue weighted by Crippen LogP contribution is 2.10. The molecule has 0 spiro atoms. The van der Waals surface area contributed by atoms with Gasteiger partial charge in [0.15, 0.2) is 0 Å². The molecular formula is C13H20N2O3. The van der Waals surface area contributed by atoms with E-state index in [1.165, 1.54) is 0 Å². The van der Waals surface area contributed by atoms with Gasteiger partial charge in [0, 0.05) is 18.8 Å². The zero-order valence-corrected chi connectivity index (χ0v) is 10.6. The van der Waals surface area contributed by atoms with Gasteiger partial charge in [-0.05, 0) is 31.9 Å². The first-order chi connectivity index (χ1) is 8.63. The minimum Gasteiger partial charge on any atom is -0.478 e. The van der Waals surface area contributed by atoms with Gasteiger partial charge in [0.1, 0.15) is 5.82 Å². The molecule has 3 N–H and O–H groups in total. The number of anilines is 1. The van der Waals surface area contributed by atoms with Gasteiger partial charge in [-0.15, -0.1) is 0 Å². The Hall–Kier alpha value is -1.62. The number of aromatic carboxylic acids is 1. The molecule has 1 aromatic rings. The molecule has 5 nitrogen and oxygen atoms in total. The Balaban J connectivity index is 2.40. The number of nitrogens with zero attached hydrogens (tertiary/aromatic N) is 1. The zero-order valence-electron chi connectivity index (χ0n) is 10.6. The summed E-state index contributed by atoms with van der Waals surface area (Å²) >= 11 is 0. The van der Waals surface area contributed by atoms with Gasteiger partial charge in [-0.2, -0.15) is 0 Å². The quantitative estimate of drug-likeness (QED) is 0.617. The molecule has 1 heterocycles. The number of unbranched alkanes of at least 4 members (excludes halogenated alkanes) is 3. The topological polar surface area (TPSA) is 82.5 Å². The number of carbonyl (C=O) groups is 1. The maximum absolute atomic E-state index is 10.9. The van der Waals surface area contributed by atoms with Crippen LogP contribution in [0.4, 0.5) is 5.82 Å². The molecule has 0 aliphatic rings. The number of aromatic nitrogens is 1. The first-order valence-electron chi connectivity index (χ1n) is 6.20. The third-order valence-electron chi connectivity index (χ3n) is 2.59. The van der Waals surface area contributed by atoms with Crippen molar-refractivity contribution in [3.8, 4) is 0 Å². The zero-order chi connectivity index (χ0) is 13.4. The second-order valence-electron chi connectivity index (χ2n) is 4.25. The number of hydrogen-bond acceptors (Lipinski definition) is 4. The third-order valence-corrected chi connectivity index (χ3v) is 2.59. The van der Waals surface area contributed by atoms with Gasteiger partial charge in [0.05, 0.1) is 5.56 Å². The summed E-state index contributed by atoms with van der Waals surface area (Å²) in [6, 6.07) is 3.10. The van der Waals surface area contributed by atoms with Crippen LogP contribution in [0, 0.1) is 6.92 Å². The van der Waals surface area contributed by atoms with E-state index in [0.717, 1.165) is 32.2 Å². The van der Waals surface area contributed by atoms with Gasteiger partial charge in [0.25, 0.3) is 0 Å². The number of nitrogens with one attached hydrogen (secondary N) is 1. The molecule has 0 aliphatic heterocycles. The molecule has 5 heteroatoms. The van der Waals surface area contributed by atoms with Crippen LogP contribution in [0.25, 0.3) is 0 Å². The molecule has 0 amide bonds. The smallest absolute Gasteiger partial charge is 0.335 e. The fourth-order valence-corrected chi connectivity index (χ4v) is 1.69. The summed E-state index contributed by atoms with van der Waals surface area (Å²) < 4.78 is 0. The summed E-state index contributed by atoms with van der Waals surface area (Å²) in [4.78, 5) is 15.1. The van der Waals surface area contributed by atoms with Gasteiger partial charge in [0.2, 0.25) is 0 Å². The molecule has 18 heavy (non-hydrogen) atoms. The van der Waals surface area contributed by atoms with Crippen molar-refractivity contribution in [2.24, 2.45) is 0 Å². The average Bonchev–Trinajstić information content (AvgIpc) is 2.33. The molecule has 0 saturated carbocycles. The number of aliphatic hydroxyl groups excluding tert-OH is 1. The minimum absolute atomic E-state index is 0.245. The number of aliphatic hydroxyl groups is 1. The van der Waals surface area contributed by atoms with Crippen molar-refractivity contribution in [3.05, 3.63) is 23.4 Å². The SMILES string of the molecule is Cc1cc(C(=O)O)cc(NCCCCCCO)n1. The molecule has 0 aromatic carbocycles. The summed E-state index contributed by atoms with van der Waals surface area (Å²) in [6.45, 7) is 2.79. The minimum atomic E-state index is -0.938. The molecule has 0 atom stereocenters. The van der Waals surface area contributed by atoms with Crippen molar-refractivity contribution in [2.45, 2.75) is 32.6 Å². The Morgan fingerprint density at radius 2 is 2.00 bits per heavy atom. The normalized spacial score (nSPS) is 10.3. The number of carboxylic acid groups (broad SMARTS) is 1. The molecule has 0 saturated heterocycles. The van der Waals surface area contributed by atoms with Gasteiger partial charge in [-0.3, -0.25) is 0 Å². The summed E-state index contributed by atoms with van der Waals surface area (Å²) in [5.41, 5.74) is 0.947. The Kier molecular flexibility index (Phi) is 6.14. The lowest BCUT2D eigenvalue weighted by Crippen LogP contribution is -2.06. The van der Waals surface area contributed by atoms with Crippen molar-refractivity contribution < 1.29 is 15.0 Å². The van der Waals surface area contributed by atoms with Crippen molar-refractivity contribution in [2.75, 3.05) is 18.5 Å².